The van der Waals surface area contributed by atoms with Gasteiger partial charge in [0.2, 0.25) is 0 Å². The quantitative estimate of drug-likeness (QED) is 0.830. The average Bonchev–Trinajstić information content (AvgIpc) is 3.12. The number of thiophene rings is 1. The number of nitrogens with one attached hydrogen (secondary N) is 2. The smallest absolute Gasteiger partial charge is 0.315 e. The fourth-order valence-electron chi connectivity index (χ4n) is 3.57. The van der Waals surface area contributed by atoms with Crippen molar-refractivity contribution in [3.63, 3.8) is 0 Å². The normalized spacial score (nSPS) is 17.8. The lowest BCUT2D eigenvalue weighted by molar-refractivity contribution is 0.232. The third-order valence-electron chi connectivity index (χ3n) is 4.94. The molecule has 0 unspecified atom stereocenters. The summed E-state index contributed by atoms with van der Waals surface area (Å²) >= 11 is 1.72. The monoisotopic (exact) mass is 357 g/mol. The Morgan fingerprint density at radius 3 is 2.80 bits per heavy atom. The summed E-state index contributed by atoms with van der Waals surface area (Å²) in [5, 5.41) is 10.5. The van der Waals surface area contributed by atoms with E-state index in [1.165, 1.54) is 16.7 Å². The van der Waals surface area contributed by atoms with Crippen molar-refractivity contribution in [2.45, 2.75) is 37.8 Å². The van der Waals surface area contributed by atoms with E-state index in [1.54, 1.807) is 11.3 Å². The van der Waals surface area contributed by atoms with Crippen LogP contribution in [0.4, 0.5) is 4.79 Å². The van der Waals surface area contributed by atoms with Crippen LogP contribution in [0, 0.1) is 0 Å². The molecule has 134 valence electrons. The standard InChI is InChI=1S/C20H27N3OS/c1-23(2)19(17-10-12-25-14-17)9-11-21-20(24)22-18-8-7-15-5-3-4-6-16(15)13-18/h3-6,10,12,14,18-19H,7-9,11,13H2,1-2H3,(H2,21,22,24)/t18-,19-/m0/s1. The van der Waals surface area contributed by atoms with Crippen LogP contribution in [0.15, 0.2) is 41.1 Å². The van der Waals surface area contributed by atoms with E-state index < -0.39 is 0 Å². The molecule has 4 nitrogen and oxygen atoms in total. The van der Waals surface area contributed by atoms with E-state index in [-0.39, 0.29) is 12.1 Å². The molecule has 1 aliphatic rings. The zero-order valence-corrected chi connectivity index (χ0v) is 15.8. The van der Waals surface area contributed by atoms with E-state index in [9.17, 15) is 4.79 Å². The molecule has 5 heteroatoms. The highest BCUT2D eigenvalue weighted by atomic mass is 32.1. The molecule has 2 amide bonds. The van der Waals surface area contributed by atoms with Gasteiger partial charge in [0.25, 0.3) is 0 Å². The molecule has 0 saturated heterocycles. The third kappa shape index (κ3) is 4.83. The van der Waals surface area contributed by atoms with E-state index in [1.807, 2.05) is 0 Å². The van der Waals surface area contributed by atoms with Crippen molar-refractivity contribution in [1.82, 2.24) is 15.5 Å². The van der Waals surface area contributed by atoms with Crippen LogP contribution in [0.3, 0.4) is 0 Å². The molecule has 0 fully saturated rings. The third-order valence-corrected chi connectivity index (χ3v) is 5.64. The lowest BCUT2D eigenvalue weighted by atomic mass is 9.88. The minimum absolute atomic E-state index is 0.0489. The van der Waals surface area contributed by atoms with Crippen LogP contribution in [-0.2, 0) is 12.8 Å². The fourth-order valence-corrected chi connectivity index (χ4v) is 4.27. The molecule has 1 aliphatic carbocycles. The highest BCUT2D eigenvalue weighted by Crippen LogP contribution is 2.24. The molecule has 3 rings (SSSR count). The van der Waals surface area contributed by atoms with Gasteiger partial charge in [-0.25, -0.2) is 4.79 Å². The molecule has 2 aromatic rings. The molecule has 2 atom stereocenters. The van der Waals surface area contributed by atoms with Gasteiger partial charge in [0.15, 0.2) is 0 Å². The first-order chi connectivity index (χ1) is 12.1. The van der Waals surface area contributed by atoms with Crippen LogP contribution >= 0.6 is 11.3 Å². The minimum Gasteiger partial charge on any atom is -0.338 e. The molecule has 0 spiro atoms. The van der Waals surface area contributed by atoms with Gasteiger partial charge >= 0.3 is 6.03 Å². The summed E-state index contributed by atoms with van der Waals surface area (Å²) in [5.41, 5.74) is 4.11. The summed E-state index contributed by atoms with van der Waals surface area (Å²) in [6.45, 7) is 0.674. The maximum Gasteiger partial charge on any atom is 0.315 e. The number of urea groups is 1. The first-order valence-corrected chi connectivity index (χ1v) is 9.87. The summed E-state index contributed by atoms with van der Waals surface area (Å²) in [6.07, 6.45) is 3.89. The van der Waals surface area contributed by atoms with Crippen molar-refractivity contribution in [2.75, 3.05) is 20.6 Å². The molecule has 25 heavy (non-hydrogen) atoms. The van der Waals surface area contributed by atoms with E-state index in [0.29, 0.717) is 12.6 Å². The molecule has 0 radical (unpaired) electrons. The maximum absolute atomic E-state index is 12.2. The zero-order valence-electron chi connectivity index (χ0n) is 15.0. The van der Waals surface area contributed by atoms with Crippen LogP contribution < -0.4 is 10.6 Å². The molecule has 0 aliphatic heterocycles. The maximum atomic E-state index is 12.2. The largest absolute Gasteiger partial charge is 0.338 e. The number of carbonyl (C=O) groups excluding carboxylic acids is 1. The SMILES string of the molecule is CN(C)[C@@H](CCNC(=O)N[C@H]1CCc2ccccc2C1)c1ccsc1. The molecule has 1 aromatic heterocycles. The second kappa shape index (κ2) is 8.50. The van der Waals surface area contributed by atoms with Crippen molar-refractivity contribution in [3.8, 4) is 0 Å². The Morgan fingerprint density at radius 2 is 2.08 bits per heavy atom. The van der Waals surface area contributed by atoms with E-state index >= 15 is 0 Å². The van der Waals surface area contributed by atoms with Gasteiger partial charge in [0.1, 0.15) is 0 Å². The summed E-state index contributed by atoms with van der Waals surface area (Å²) in [7, 11) is 4.17. The Kier molecular flexibility index (Phi) is 6.10. The van der Waals surface area contributed by atoms with Crippen LogP contribution in [-0.4, -0.2) is 37.6 Å². The Hall–Kier alpha value is -1.85. The summed E-state index contributed by atoms with van der Waals surface area (Å²) in [6, 6.07) is 11.2. The van der Waals surface area contributed by atoms with Crippen molar-refractivity contribution < 1.29 is 4.79 Å². The number of hydrogen-bond donors (Lipinski definition) is 2. The van der Waals surface area contributed by atoms with Crippen molar-refractivity contribution in [3.05, 3.63) is 57.8 Å². The molecule has 1 heterocycles. The Balaban J connectivity index is 1.44. The molecule has 0 bridgehead atoms. The second-order valence-electron chi connectivity index (χ2n) is 6.93. The topological polar surface area (TPSA) is 44.4 Å². The number of nitrogens with zero attached hydrogens (tertiary/aromatic N) is 1. The fraction of sp³-hybridized carbons (Fsp3) is 0.450. The molecule has 1 aromatic carbocycles. The predicted molar refractivity (Wildman–Crippen MR) is 104 cm³/mol. The van der Waals surface area contributed by atoms with Gasteiger partial charge < -0.3 is 15.5 Å². The van der Waals surface area contributed by atoms with Crippen LogP contribution in [0.25, 0.3) is 0 Å². The summed E-state index contributed by atoms with van der Waals surface area (Å²) in [4.78, 5) is 14.4. The number of aryl methyl sites for hydroxylation is 1. The molecule has 0 saturated carbocycles. The molecular weight excluding hydrogens is 330 g/mol. The van der Waals surface area contributed by atoms with Crippen molar-refractivity contribution >= 4 is 17.4 Å². The number of benzene rings is 1. The first-order valence-electron chi connectivity index (χ1n) is 8.93. The van der Waals surface area contributed by atoms with E-state index in [4.69, 9.17) is 0 Å². The van der Waals surface area contributed by atoms with Gasteiger partial charge in [-0.05, 0) is 73.3 Å². The number of amides is 2. The second-order valence-corrected chi connectivity index (χ2v) is 7.71. The number of fused-ring (bicyclic) bond motifs is 1. The highest BCUT2D eigenvalue weighted by Gasteiger charge is 2.20. The zero-order chi connectivity index (χ0) is 17.6. The number of hydrogen-bond acceptors (Lipinski definition) is 3. The predicted octanol–water partition coefficient (Wildman–Crippen LogP) is 3.60. The van der Waals surface area contributed by atoms with Crippen LogP contribution in [0.5, 0.6) is 0 Å². The minimum atomic E-state index is -0.0489. The summed E-state index contributed by atoms with van der Waals surface area (Å²) < 4.78 is 0. The number of rotatable bonds is 6. The van der Waals surface area contributed by atoms with Crippen molar-refractivity contribution in [1.29, 1.82) is 0 Å². The lowest BCUT2D eigenvalue weighted by Crippen LogP contribution is -2.45. The lowest BCUT2D eigenvalue weighted by Gasteiger charge is -2.26. The molecular formula is C20H27N3OS. The van der Waals surface area contributed by atoms with Gasteiger partial charge in [-0.15, -0.1) is 0 Å². The van der Waals surface area contributed by atoms with Gasteiger partial charge in [-0.1, -0.05) is 24.3 Å². The Labute approximate surface area is 154 Å². The van der Waals surface area contributed by atoms with E-state index in [0.717, 1.165) is 25.7 Å². The van der Waals surface area contributed by atoms with Crippen LogP contribution in [0.2, 0.25) is 0 Å². The Morgan fingerprint density at radius 1 is 1.28 bits per heavy atom. The van der Waals surface area contributed by atoms with Crippen LogP contribution in [0.1, 0.15) is 35.6 Å². The number of carbonyl (C=O) groups is 1. The summed E-state index contributed by atoms with van der Waals surface area (Å²) in [5.74, 6) is 0. The van der Waals surface area contributed by atoms with Gasteiger partial charge in [0, 0.05) is 18.6 Å². The first kappa shape index (κ1) is 18.0. The highest BCUT2D eigenvalue weighted by molar-refractivity contribution is 7.07. The van der Waals surface area contributed by atoms with Crippen molar-refractivity contribution in [2.24, 2.45) is 0 Å². The Bertz CT molecular complexity index is 684. The van der Waals surface area contributed by atoms with Gasteiger partial charge in [-0.2, -0.15) is 11.3 Å². The average molecular weight is 358 g/mol. The van der Waals surface area contributed by atoms with Gasteiger partial charge in [-0.3, -0.25) is 0 Å². The van der Waals surface area contributed by atoms with E-state index in [2.05, 4.69) is 70.7 Å². The van der Waals surface area contributed by atoms with Gasteiger partial charge in [0.05, 0.1) is 0 Å². The molecule has 2 N–H and O–H groups in total.